The molecule has 0 saturated heterocycles. The van der Waals surface area contributed by atoms with E-state index in [1.54, 1.807) is 11.8 Å². The molecular weight excluding hydrogens is 270 g/mol. The molecular formula is C15H19N3OS. The molecule has 0 radical (unpaired) electrons. The van der Waals surface area contributed by atoms with Crippen molar-refractivity contribution in [2.45, 2.75) is 42.2 Å². The van der Waals surface area contributed by atoms with Gasteiger partial charge in [0.25, 0.3) is 0 Å². The third-order valence-electron chi connectivity index (χ3n) is 4.07. The first-order chi connectivity index (χ1) is 9.73. The van der Waals surface area contributed by atoms with Crippen LogP contribution in [-0.2, 0) is 11.2 Å². The standard InChI is InChI=1S/C15H19N3OS/c1-11-5-2-3-6-12(11)20-9-13-17-14(19-18-13)15(10-16)7-4-8-15/h2-3,5-6H,4,7-10,16H2,1H3. The lowest BCUT2D eigenvalue weighted by Gasteiger charge is -2.36. The number of thioether (sulfide) groups is 1. The number of aryl methyl sites for hydroxylation is 1. The van der Waals surface area contributed by atoms with Gasteiger partial charge in [-0.15, -0.1) is 11.8 Å². The molecule has 2 N–H and O–H groups in total. The Hall–Kier alpha value is -1.33. The van der Waals surface area contributed by atoms with Gasteiger partial charge >= 0.3 is 0 Å². The smallest absolute Gasteiger partial charge is 0.234 e. The Morgan fingerprint density at radius 1 is 1.35 bits per heavy atom. The molecule has 1 aromatic carbocycles. The molecule has 0 bridgehead atoms. The molecule has 5 heteroatoms. The quantitative estimate of drug-likeness (QED) is 0.857. The van der Waals surface area contributed by atoms with E-state index in [4.69, 9.17) is 10.3 Å². The summed E-state index contributed by atoms with van der Waals surface area (Å²) in [4.78, 5) is 5.80. The van der Waals surface area contributed by atoms with Crippen LogP contribution < -0.4 is 5.73 Å². The van der Waals surface area contributed by atoms with Crippen LogP contribution in [0.5, 0.6) is 0 Å². The maximum atomic E-state index is 5.86. The normalized spacial score (nSPS) is 16.9. The van der Waals surface area contributed by atoms with Crippen molar-refractivity contribution in [1.82, 2.24) is 10.1 Å². The van der Waals surface area contributed by atoms with Crippen molar-refractivity contribution in [3.63, 3.8) is 0 Å². The van der Waals surface area contributed by atoms with E-state index in [-0.39, 0.29) is 5.41 Å². The van der Waals surface area contributed by atoms with Gasteiger partial charge in [0.2, 0.25) is 5.89 Å². The summed E-state index contributed by atoms with van der Waals surface area (Å²) in [5.41, 5.74) is 7.10. The molecule has 4 nitrogen and oxygen atoms in total. The van der Waals surface area contributed by atoms with Crippen molar-refractivity contribution >= 4 is 11.8 Å². The van der Waals surface area contributed by atoms with E-state index in [0.717, 1.165) is 30.3 Å². The number of rotatable bonds is 5. The molecule has 0 spiro atoms. The molecule has 1 fully saturated rings. The van der Waals surface area contributed by atoms with E-state index in [1.807, 2.05) is 6.07 Å². The molecule has 20 heavy (non-hydrogen) atoms. The van der Waals surface area contributed by atoms with Gasteiger partial charge in [0.1, 0.15) is 0 Å². The van der Waals surface area contributed by atoms with Crippen molar-refractivity contribution in [2.75, 3.05) is 6.54 Å². The summed E-state index contributed by atoms with van der Waals surface area (Å²) in [6, 6.07) is 8.33. The van der Waals surface area contributed by atoms with Crippen LogP contribution in [0, 0.1) is 6.92 Å². The van der Waals surface area contributed by atoms with Gasteiger partial charge in [0, 0.05) is 11.4 Å². The highest BCUT2D eigenvalue weighted by molar-refractivity contribution is 7.98. The minimum Gasteiger partial charge on any atom is -0.339 e. The zero-order chi connectivity index (χ0) is 14.0. The maximum Gasteiger partial charge on any atom is 0.234 e. The number of nitrogens with zero attached hydrogens (tertiary/aromatic N) is 2. The fourth-order valence-electron chi connectivity index (χ4n) is 2.50. The van der Waals surface area contributed by atoms with Gasteiger partial charge in [-0.2, -0.15) is 4.98 Å². The van der Waals surface area contributed by atoms with Crippen molar-refractivity contribution in [2.24, 2.45) is 5.73 Å². The summed E-state index contributed by atoms with van der Waals surface area (Å²) in [5, 5.41) is 4.09. The fraction of sp³-hybridized carbons (Fsp3) is 0.467. The van der Waals surface area contributed by atoms with Gasteiger partial charge in [0.05, 0.1) is 11.2 Å². The highest BCUT2D eigenvalue weighted by atomic mass is 32.2. The number of nitrogens with two attached hydrogens (primary N) is 1. The SMILES string of the molecule is Cc1ccccc1SCc1noc(C2(CN)CCC2)n1. The van der Waals surface area contributed by atoms with Crippen molar-refractivity contribution in [3.05, 3.63) is 41.5 Å². The third kappa shape index (κ3) is 2.47. The first-order valence-electron chi connectivity index (χ1n) is 6.95. The molecule has 0 amide bonds. The lowest BCUT2D eigenvalue weighted by molar-refractivity contribution is 0.181. The van der Waals surface area contributed by atoms with Crippen LogP contribution >= 0.6 is 11.8 Å². The van der Waals surface area contributed by atoms with Gasteiger partial charge in [0.15, 0.2) is 5.82 Å². The molecule has 1 aliphatic carbocycles. The molecule has 1 aliphatic rings. The number of hydrogen-bond acceptors (Lipinski definition) is 5. The van der Waals surface area contributed by atoms with Crippen LogP contribution in [0.25, 0.3) is 0 Å². The molecule has 0 atom stereocenters. The van der Waals surface area contributed by atoms with Gasteiger partial charge in [-0.25, -0.2) is 0 Å². The average molecular weight is 289 g/mol. The highest BCUT2D eigenvalue weighted by Crippen LogP contribution is 2.42. The summed E-state index contributed by atoms with van der Waals surface area (Å²) in [6.45, 7) is 2.71. The summed E-state index contributed by atoms with van der Waals surface area (Å²) < 4.78 is 5.43. The monoisotopic (exact) mass is 289 g/mol. The summed E-state index contributed by atoms with van der Waals surface area (Å²) in [5.74, 6) is 2.22. The van der Waals surface area contributed by atoms with Crippen LogP contribution in [0.1, 0.15) is 36.5 Å². The van der Waals surface area contributed by atoms with Gasteiger partial charge in [-0.3, -0.25) is 0 Å². The largest absolute Gasteiger partial charge is 0.339 e. The van der Waals surface area contributed by atoms with Crippen LogP contribution in [0.3, 0.4) is 0 Å². The molecule has 106 valence electrons. The molecule has 1 saturated carbocycles. The molecule has 0 unspecified atom stereocenters. The second kappa shape index (κ2) is 5.58. The Labute approximate surface area is 123 Å². The predicted molar refractivity (Wildman–Crippen MR) is 79.6 cm³/mol. The molecule has 1 heterocycles. The molecule has 1 aromatic heterocycles. The van der Waals surface area contributed by atoms with E-state index in [2.05, 4.69) is 35.3 Å². The zero-order valence-corrected chi connectivity index (χ0v) is 12.4. The minimum absolute atomic E-state index is 0.0431. The third-order valence-corrected chi connectivity index (χ3v) is 5.25. The van der Waals surface area contributed by atoms with Crippen molar-refractivity contribution in [1.29, 1.82) is 0 Å². The highest BCUT2D eigenvalue weighted by Gasteiger charge is 2.42. The first kappa shape index (κ1) is 13.6. The van der Waals surface area contributed by atoms with Crippen molar-refractivity contribution < 1.29 is 4.52 Å². The lowest BCUT2D eigenvalue weighted by Crippen LogP contribution is -2.41. The van der Waals surface area contributed by atoms with E-state index < -0.39 is 0 Å². The summed E-state index contributed by atoms with van der Waals surface area (Å²) >= 11 is 1.74. The Morgan fingerprint density at radius 3 is 2.80 bits per heavy atom. The summed E-state index contributed by atoms with van der Waals surface area (Å²) in [6.07, 6.45) is 3.33. The van der Waals surface area contributed by atoms with Gasteiger partial charge < -0.3 is 10.3 Å². The number of benzene rings is 1. The van der Waals surface area contributed by atoms with E-state index >= 15 is 0 Å². The van der Waals surface area contributed by atoms with Gasteiger partial charge in [-0.05, 0) is 31.4 Å². The van der Waals surface area contributed by atoms with Crippen molar-refractivity contribution in [3.8, 4) is 0 Å². The minimum atomic E-state index is -0.0431. The van der Waals surface area contributed by atoms with Gasteiger partial charge in [-0.1, -0.05) is 29.8 Å². The van der Waals surface area contributed by atoms with Crippen LogP contribution in [0.2, 0.25) is 0 Å². The van der Waals surface area contributed by atoms with E-state index in [0.29, 0.717) is 6.54 Å². The molecule has 3 rings (SSSR count). The predicted octanol–water partition coefficient (Wildman–Crippen LogP) is 3.05. The Morgan fingerprint density at radius 2 is 2.15 bits per heavy atom. The lowest BCUT2D eigenvalue weighted by atomic mass is 9.69. The second-order valence-electron chi connectivity index (χ2n) is 5.41. The first-order valence-corrected chi connectivity index (χ1v) is 7.94. The Kier molecular flexibility index (Phi) is 3.81. The fourth-order valence-corrected chi connectivity index (χ4v) is 3.37. The topological polar surface area (TPSA) is 64.9 Å². The molecule has 0 aliphatic heterocycles. The second-order valence-corrected chi connectivity index (χ2v) is 6.43. The Bertz CT molecular complexity index is 587. The average Bonchev–Trinajstić information content (AvgIpc) is 2.86. The molecule has 2 aromatic rings. The van der Waals surface area contributed by atoms with Crippen LogP contribution in [0.4, 0.5) is 0 Å². The van der Waals surface area contributed by atoms with Crippen LogP contribution in [0.15, 0.2) is 33.7 Å². The number of aromatic nitrogens is 2. The summed E-state index contributed by atoms with van der Waals surface area (Å²) in [7, 11) is 0. The van der Waals surface area contributed by atoms with E-state index in [9.17, 15) is 0 Å². The maximum absolute atomic E-state index is 5.86. The van der Waals surface area contributed by atoms with E-state index in [1.165, 1.54) is 16.9 Å². The zero-order valence-electron chi connectivity index (χ0n) is 11.6. The van der Waals surface area contributed by atoms with Crippen LogP contribution in [-0.4, -0.2) is 16.7 Å². The Balaban J connectivity index is 1.67. The number of hydrogen-bond donors (Lipinski definition) is 1.